The van der Waals surface area contributed by atoms with Gasteiger partial charge in [-0.1, -0.05) is 36.4 Å². The van der Waals surface area contributed by atoms with Gasteiger partial charge in [-0.3, -0.25) is 4.57 Å². The van der Waals surface area contributed by atoms with Gasteiger partial charge in [0, 0.05) is 12.8 Å². The van der Waals surface area contributed by atoms with Crippen LogP contribution in [0.4, 0.5) is 5.69 Å². The van der Waals surface area contributed by atoms with Crippen LogP contribution in [-0.2, 0) is 15.9 Å². The lowest BCUT2D eigenvalue weighted by molar-refractivity contribution is -0.107. The van der Waals surface area contributed by atoms with Crippen molar-refractivity contribution >= 4 is 16.5 Å². The maximum Gasteiger partial charge on any atom is 0.205 e. The first-order valence-corrected chi connectivity index (χ1v) is 11.9. The Hall–Kier alpha value is -4.50. The third kappa shape index (κ3) is 3.14. The van der Waals surface area contributed by atoms with Crippen LogP contribution in [0.5, 0.6) is 17.5 Å². The molecule has 1 aromatic heterocycles. The molecule has 1 saturated heterocycles. The van der Waals surface area contributed by atoms with Crippen molar-refractivity contribution in [1.82, 2.24) is 4.57 Å². The maximum absolute atomic E-state index is 11.5. The smallest absolute Gasteiger partial charge is 0.205 e. The van der Waals surface area contributed by atoms with Gasteiger partial charge in [0.15, 0.2) is 5.69 Å². The standard InChI is InChI=1S/C29H23N3O5/c1-28-23(33)15-29(37-28,12-13-36-18-7-5-6-17(14-18)16-30)25-24(28)26(34)32(27(25)35)22-11-10-21(31-2)19-8-3-4-9-20(19)22/h3-11,14,23,33-35H,12-13,15H2,1H3. The molecule has 8 nitrogen and oxygen atoms in total. The van der Waals surface area contributed by atoms with E-state index in [9.17, 15) is 15.3 Å². The van der Waals surface area contributed by atoms with Gasteiger partial charge in [-0.15, -0.1) is 0 Å². The van der Waals surface area contributed by atoms with E-state index in [2.05, 4.69) is 10.9 Å². The van der Waals surface area contributed by atoms with Gasteiger partial charge >= 0.3 is 0 Å². The van der Waals surface area contributed by atoms with E-state index in [0.717, 1.165) is 0 Å². The second kappa shape index (κ2) is 8.01. The number of aliphatic hydroxyl groups excluding tert-OH is 1. The number of ether oxygens (including phenoxy) is 2. The fourth-order valence-corrected chi connectivity index (χ4v) is 5.90. The highest BCUT2D eigenvalue weighted by Gasteiger charge is 2.66. The molecule has 3 N–H and O–H groups in total. The summed E-state index contributed by atoms with van der Waals surface area (Å²) in [5, 5.41) is 44.5. The lowest BCUT2D eigenvalue weighted by Crippen LogP contribution is -2.33. The summed E-state index contributed by atoms with van der Waals surface area (Å²) in [5.41, 5.74) is -0.0264. The summed E-state index contributed by atoms with van der Waals surface area (Å²) < 4.78 is 13.6. The summed E-state index contributed by atoms with van der Waals surface area (Å²) in [7, 11) is 0. The highest BCUT2D eigenvalue weighted by Crippen LogP contribution is 2.65. The number of fused-ring (bicyclic) bond motifs is 6. The van der Waals surface area contributed by atoms with Gasteiger partial charge in [-0.05, 0) is 42.0 Å². The zero-order valence-corrected chi connectivity index (χ0v) is 20.0. The molecule has 8 heteroatoms. The second-order valence-electron chi connectivity index (χ2n) is 9.66. The van der Waals surface area contributed by atoms with Crippen molar-refractivity contribution < 1.29 is 24.8 Å². The first kappa shape index (κ1) is 22.9. The van der Waals surface area contributed by atoms with Crippen molar-refractivity contribution in [2.45, 2.75) is 37.1 Å². The molecule has 2 aliphatic heterocycles. The highest BCUT2D eigenvalue weighted by molar-refractivity contribution is 6.00. The Balaban J connectivity index is 1.44. The van der Waals surface area contributed by atoms with Gasteiger partial charge in [0.05, 0.1) is 47.7 Å². The average molecular weight is 494 g/mol. The van der Waals surface area contributed by atoms with E-state index < -0.39 is 17.3 Å². The van der Waals surface area contributed by atoms with Crippen LogP contribution in [0.2, 0.25) is 0 Å². The number of rotatable bonds is 5. The topological polar surface area (TPSA) is 112 Å². The van der Waals surface area contributed by atoms with Crippen LogP contribution < -0.4 is 4.74 Å². The molecular formula is C29H23N3O5. The van der Waals surface area contributed by atoms with Crippen LogP contribution in [0.3, 0.4) is 0 Å². The third-order valence-corrected chi connectivity index (χ3v) is 7.62. The quantitative estimate of drug-likeness (QED) is 0.332. The minimum atomic E-state index is -1.21. The van der Waals surface area contributed by atoms with Crippen molar-refractivity contribution in [3.05, 3.63) is 88.8 Å². The molecule has 0 amide bonds. The lowest BCUT2D eigenvalue weighted by Gasteiger charge is -2.26. The summed E-state index contributed by atoms with van der Waals surface area (Å²) in [5.74, 6) is 0.153. The summed E-state index contributed by atoms with van der Waals surface area (Å²) in [4.78, 5) is 3.60. The van der Waals surface area contributed by atoms with Crippen LogP contribution in [0.15, 0.2) is 60.7 Å². The molecular weight excluding hydrogens is 470 g/mol. The van der Waals surface area contributed by atoms with E-state index in [0.29, 0.717) is 51.0 Å². The van der Waals surface area contributed by atoms with Gasteiger partial charge in [0.1, 0.15) is 17.0 Å². The van der Waals surface area contributed by atoms with Crippen molar-refractivity contribution in [2.75, 3.05) is 6.61 Å². The van der Waals surface area contributed by atoms with E-state index in [1.165, 1.54) is 4.57 Å². The van der Waals surface area contributed by atoms with Gasteiger partial charge in [-0.2, -0.15) is 5.26 Å². The average Bonchev–Trinajstić information content (AvgIpc) is 3.44. The Kier molecular flexibility index (Phi) is 4.96. The van der Waals surface area contributed by atoms with Gasteiger partial charge < -0.3 is 24.8 Å². The zero-order chi connectivity index (χ0) is 25.9. The number of aromatic hydroxyl groups is 2. The summed E-state index contributed by atoms with van der Waals surface area (Å²) in [6, 6.07) is 19.6. The number of hydrogen-bond acceptors (Lipinski definition) is 6. The Morgan fingerprint density at radius 1 is 1.11 bits per heavy atom. The van der Waals surface area contributed by atoms with Crippen LogP contribution in [0.25, 0.3) is 21.3 Å². The maximum atomic E-state index is 11.5. The zero-order valence-electron chi connectivity index (χ0n) is 20.0. The first-order chi connectivity index (χ1) is 17.8. The van der Waals surface area contributed by atoms with Crippen molar-refractivity contribution in [3.8, 4) is 29.3 Å². The van der Waals surface area contributed by atoms with Crippen molar-refractivity contribution in [3.63, 3.8) is 0 Å². The van der Waals surface area contributed by atoms with E-state index in [1.807, 2.05) is 24.3 Å². The summed E-state index contributed by atoms with van der Waals surface area (Å²) >= 11 is 0. The molecule has 0 saturated carbocycles. The van der Waals surface area contributed by atoms with Crippen molar-refractivity contribution in [1.29, 1.82) is 5.26 Å². The predicted molar refractivity (Wildman–Crippen MR) is 135 cm³/mol. The largest absolute Gasteiger partial charge is 0.494 e. The first-order valence-electron chi connectivity index (χ1n) is 11.9. The number of nitriles is 1. The molecule has 6 rings (SSSR count). The highest BCUT2D eigenvalue weighted by atomic mass is 16.6. The number of nitrogens with zero attached hydrogens (tertiary/aromatic N) is 3. The number of benzene rings is 3. The number of hydrogen-bond donors (Lipinski definition) is 3. The second-order valence-corrected chi connectivity index (χ2v) is 9.66. The molecule has 0 radical (unpaired) electrons. The Morgan fingerprint density at radius 3 is 2.62 bits per heavy atom. The van der Waals surface area contributed by atoms with Gasteiger partial charge in [0.25, 0.3) is 0 Å². The normalized spacial score (nSPS) is 23.5. The summed E-state index contributed by atoms with van der Waals surface area (Å²) in [6.07, 6.45) is -0.367. The molecule has 1 fully saturated rings. The van der Waals surface area contributed by atoms with E-state index in [-0.39, 0.29) is 24.8 Å². The van der Waals surface area contributed by atoms with Gasteiger partial charge in [-0.25, -0.2) is 4.85 Å². The van der Waals surface area contributed by atoms with E-state index in [4.69, 9.17) is 21.3 Å². The number of aliphatic hydroxyl groups is 1. The van der Waals surface area contributed by atoms with E-state index in [1.54, 1.807) is 43.3 Å². The van der Waals surface area contributed by atoms with Crippen LogP contribution in [0.1, 0.15) is 36.5 Å². The molecule has 2 bridgehead atoms. The molecule has 3 heterocycles. The summed E-state index contributed by atoms with van der Waals surface area (Å²) in [6.45, 7) is 9.41. The monoisotopic (exact) mass is 493 g/mol. The minimum Gasteiger partial charge on any atom is -0.494 e. The Labute approximate surface area is 213 Å². The third-order valence-electron chi connectivity index (χ3n) is 7.62. The molecule has 184 valence electrons. The van der Waals surface area contributed by atoms with Crippen LogP contribution in [-0.4, -0.2) is 32.6 Å². The molecule has 3 unspecified atom stereocenters. The minimum absolute atomic E-state index is 0.171. The Morgan fingerprint density at radius 2 is 1.86 bits per heavy atom. The molecule has 2 aliphatic rings. The SMILES string of the molecule is [C-]#[N+]c1ccc(-n2c(O)c3c(c2O)C2(C)OC3(CCOc3cccc(C#N)c3)CC2O)c2ccccc12. The predicted octanol–water partition coefficient (Wildman–Crippen LogP) is 5.14. The van der Waals surface area contributed by atoms with Crippen molar-refractivity contribution in [2.24, 2.45) is 0 Å². The molecule has 4 aromatic rings. The Bertz CT molecular complexity index is 1660. The molecule has 3 aromatic carbocycles. The molecule has 3 atom stereocenters. The van der Waals surface area contributed by atoms with Gasteiger partial charge in [0.2, 0.25) is 11.8 Å². The van der Waals surface area contributed by atoms with Crippen LogP contribution in [0, 0.1) is 17.9 Å². The van der Waals surface area contributed by atoms with E-state index >= 15 is 0 Å². The molecule has 37 heavy (non-hydrogen) atoms. The fourth-order valence-electron chi connectivity index (χ4n) is 5.90. The fraction of sp³-hybridized carbons (Fsp3) is 0.241. The lowest BCUT2D eigenvalue weighted by atomic mass is 9.76. The molecule has 0 aliphatic carbocycles. The van der Waals surface area contributed by atoms with Crippen LogP contribution >= 0.6 is 0 Å². The number of aromatic nitrogens is 1. The molecule has 0 spiro atoms.